The van der Waals surface area contributed by atoms with Crippen LogP contribution in [0.1, 0.15) is 46.1 Å². The zero-order chi connectivity index (χ0) is 20.8. The Morgan fingerprint density at radius 2 is 1.90 bits per heavy atom. The summed E-state index contributed by atoms with van der Waals surface area (Å²) >= 11 is 8.21. The van der Waals surface area contributed by atoms with Crippen molar-refractivity contribution in [3.8, 4) is 11.1 Å². The zero-order valence-corrected chi connectivity index (χ0v) is 19.2. The van der Waals surface area contributed by atoms with Crippen molar-refractivity contribution in [1.29, 1.82) is 0 Å². The van der Waals surface area contributed by atoms with Crippen LogP contribution in [0.3, 0.4) is 0 Å². The van der Waals surface area contributed by atoms with Gasteiger partial charge in [0.1, 0.15) is 0 Å². The smallest absolute Gasteiger partial charge is 0.0565 e. The van der Waals surface area contributed by atoms with Crippen molar-refractivity contribution in [2.75, 3.05) is 7.05 Å². The number of hydrogen-bond donors (Lipinski definition) is 3. The maximum Gasteiger partial charge on any atom is 0.0565 e. The summed E-state index contributed by atoms with van der Waals surface area (Å²) in [4.78, 5) is 4.52. The summed E-state index contributed by atoms with van der Waals surface area (Å²) in [5.74, 6) is 0. The van der Waals surface area contributed by atoms with Crippen LogP contribution in [0, 0.1) is 0 Å². The lowest BCUT2D eigenvalue weighted by atomic mass is 9.79. The number of aromatic amines is 1. The lowest BCUT2D eigenvalue weighted by molar-refractivity contribution is -0.0474. The summed E-state index contributed by atoms with van der Waals surface area (Å²) in [6.45, 7) is 9.13. The third-order valence-corrected chi connectivity index (χ3v) is 6.73. The van der Waals surface area contributed by atoms with E-state index in [4.69, 9.17) is 11.6 Å². The molecule has 2 aromatic rings. The summed E-state index contributed by atoms with van der Waals surface area (Å²) < 4.78 is 0. The molecule has 1 aromatic heterocycles. The first kappa shape index (κ1) is 20.8. The third kappa shape index (κ3) is 4.49. The van der Waals surface area contributed by atoms with Gasteiger partial charge in [0, 0.05) is 46.5 Å². The number of nitrogens with one attached hydrogen (secondary N) is 3. The van der Waals surface area contributed by atoms with Crippen molar-refractivity contribution in [2.24, 2.45) is 0 Å². The van der Waals surface area contributed by atoms with Crippen LogP contribution < -0.4 is 10.1 Å². The first-order valence-electron chi connectivity index (χ1n) is 9.88. The minimum atomic E-state index is 0.103. The molecular formula is C21H29ClN6S. The lowest BCUT2D eigenvalue weighted by Gasteiger charge is -2.50. The van der Waals surface area contributed by atoms with Crippen LogP contribution in [0.25, 0.3) is 16.0 Å². The van der Waals surface area contributed by atoms with E-state index in [1.807, 2.05) is 12.3 Å². The molecule has 6 nitrogen and oxygen atoms in total. The molecule has 0 atom stereocenters. The Morgan fingerprint density at radius 1 is 1.17 bits per heavy atom. The second-order valence-corrected chi connectivity index (χ2v) is 10.5. The van der Waals surface area contributed by atoms with Crippen LogP contribution in [0.5, 0.6) is 0 Å². The Kier molecular flexibility index (Phi) is 5.46. The maximum absolute atomic E-state index is 6.62. The molecule has 8 heteroatoms. The van der Waals surface area contributed by atoms with Crippen molar-refractivity contribution in [3.05, 3.63) is 47.4 Å². The minimum Gasteiger partial charge on any atom is -0.307 e. The highest BCUT2D eigenvalue weighted by molar-refractivity contribution is 8.06. The molecule has 156 valence electrons. The van der Waals surface area contributed by atoms with Gasteiger partial charge in [-0.1, -0.05) is 23.7 Å². The highest BCUT2D eigenvalue weighted by Crippen LogP contribution is 2.38. The Morgan fingerprint density at radius 3 is 2.52 bits per heavy atom. The standard InChI is InChI=1S/C21H29ClN6S/c1-20(2)9-16(10-21(3,4)25-20)27(5)28-13-19(29-26-28)17-7-6-14(8-18(17)22)15-11-23-24-12-15/h6-8,11-13,16,25-26H,9-10H2,1-5H3,(H,23,24). The Labute approximate surface area is 182 Å². The summed E-state index contributed by atoms with van der Waals surface area (Å²) in [7, 11) is 2.15. The fourth-order valence-electron chi connectivity index (χ4n) is 4.55. The number of benzene rings is 1. The summed E-state index contributed by atoms with van der Waals surface area (Å²) in [6, 6.07) is 6.58. The highest BCUT2D eigenvalue weighted by Gasteiger charge is 2.40. The molecule has 4 rings (SSSR count). The molecule has 0 amide bonds. The van der Waals surface area contributed by atoms with Crippen molar-refractivity contribution < 1.29 is 0 Å². The first-order chi connectivity index (χ1) is 13.6. The number of halogens is 1. The van der Waals surface area contributed by atoms with Gasteiger partial charge < -0.3 is 5.32 Å². The normalized spacial score (nSPS) is 21.6. The van der Waals surface area contributed by atoms with E-state index in [0.29, 0.717) is 6.04 Å². The molecule has 0 aliphatic carbocycles. The molecule has 3 N–H and O–H groups in total. The van der Waals surface area contributed by atoms with E-state index in [1.54, 1.807) is 18.1 Å². The number of hydrogen-bond acceptors (Lipinski definition) is 6. The second-order valence-electron chi connectivity index (χ2n) is 9.24. The van der Waals surface area contributed by atoms with Crippen LogP contribution in [-0.2, 0) is 0 Å². The quantitative estimate of drug-likeness (QED) is 0.611. The van der Waals surface area contributed by atoms with Gasteiger partial charge in [-0.2, -0.15) is 9.93 Å². The van der Waals surface area contributed by atoms with E-state index in [-0.39, 0.29) is 11.1 Å². The molecule has 1 aromatic carbocycles. The molecule has 0 bridgehead atoms. The van der Waals surface area contributed by atoms with Gasteiger partial charge in [0.2, 0.25) is 0 Å². The SMILES string of the molecule is CN(C1CC(C)(C)NC(C)(C)C1)N1C=C(c2ccc(-c3cn[nH]c3)cc2Cl)SN1. The summed E-state index contributed by atoms with van der Waals surface area (Å²) in [5.41, 5.74) is 3.32. The number of aromatic nitrogens is 2. The number of H-pyrrole nitrogens is 1. The first-order valence-corrected chi connectivity index (χ1v) is 11.1. The van der Waals surface area contributed by atoms with E-state index in [9.17, 15) is 0 Å². The maximum atomic E-state index is 6.62. The van der Waals surface area contributed by atoms with Gasteiger partial charge in [-0.05, 0) is 64.1 Å². The van der Waals surface area contributed by atoms with Gasteiger partial charge in [0.05, 0.1) is 17.3 Å². The van der Waals surface area contributed by atoms with Gasteiger partial charge >= 0.3 is 0 Å². The van der Waals surface area contributed by atoms with E-state index >= 15 is 0 Å². The molecule has 29 heavy (non-hydrogen) atoms. The zero-order valence-electron chi connectivity index (χ0n) is 17.6. The number of rotatable bonds is 4. The van der Waals surface area contributed by atoms with Crippen molar-refractivity contribution in [1.82, 2.24) is 30.5 Å². The van der Waals surface area contributed by atoms with Crippen molar-refractivity contribution in [3.63, 3.8) is 0 Å². The number of piperidine rings is 1. The molecule has 2 aliphatic rings. The summed E-state index contributed by atoms with van der Waals surface area (Å²) in [5, 5.41) is 15.7. The molecule has 0 saturated carbocycles. The predicted octanol–water partition coefficient (Wildman–Crippen LogP) is 4.65. The molecule has 0 radical (unpaired) electrons. The highest BCUT2D eigenvalue weighted by atomic mass is 35.5. The van der Waals surface area contributed by atoms with Crippen LogP contribution >= 0.6 is 23.5 Å². The van der Waals surface area contributed by atoms with Crippen molar-refractivity contribution in [2.45, 2.75) is 57.7 Å². The Hall–Kier alpha value is -1.51. The van der Waals surface area contributed by atoms with Gasteiger partial charge in [0.25, 0.3) is 0 Å². The van der Waals surface area contributed by atoms with E-state index < -0.39 is 0 Å². The minimum absolute atomic E-state index is 0.103. The van der Waals surface area contributed by atoms with Gasteiger partial charge in [-0.15, -0.1) is 0 Å². The Bertz CT molecular complexity index is 892. The van der Waals surface area contributed by atoms with Gasteiger partial charge in [-0.25, -0.2) is 10.1 Å². The largest absolute Gasteiger partial charge is 0.307 e. The molecule has 0 unspecified atom stereocenters. The molecule has 3 heterocycles. The van der Waals surface area contributed by atoms with E-state index in [0.717, 1.165) is 39.5 Å². The average Bonchev–Trinajstić information content (AvgIpc) is 3.30. The molecule has 0 spiro atoms. The average molecular weight is 433 g/mol. The summed E-state index contributed by atoms with van der Waals surface area (Å²) in [6.07, 6.45) is 7.97. The predicted molar refractivity (Wildman–Crippen MR) is 122 cm³/mol. The van der Waals surface area contributed by atoms with Crippen LogP contribution in [0.2, 0.25) is 5.02 Å². The number of hydrazine groups is 2. The van der Waals surface area contributed by atoms with E-state index in [1.165, 1.54) is 0 Å². The second kappa shape index (κ2) is 7.63. The molecular weight excluding hydrogens is 404 g/mol. The van der Waals surface area contributed by atoms with Crippen LogP contribution in [0.15, 0.2) is 36.8 Å². The van der Waals surface area contributed by atoms with E-state index in [2.05, 4.69) is 83.5 Å². The monoisotopic (exact) mass is 432 g/mol. The number of nitrogens with zero attached hydrogens (tertiary/aromatic N) is 3. The van der Waals surface area contributed by atoms with Crippen LogP contribution in [-0.4, -0.2) is 44.5 Å². The van der Waals surface area contributed by atoms with Gasteiger partial charge in [0.15, 0.2) is 0 Å². The molecule has 1 fully saturated rings. The fraction of sp³-hybridized carbons (Fsp3) is 0.476. The fourth-order valence-corrected chi connectivity index (χ4v) is 5.70. The molecule has 1 saturated heterocycles. The van der Waals surface area contributed by atoms with Crippen LogP contribution in [0.4, 0.5) is 0 Å². The topological polar surface area (TPSA) is 59.2 Å². The van der Waals surface area contributed by atoms with Gasteiger partial charge in [-0.3, -0.25) is 5.10 Å². The molecule has 2 aliphatic heterocycles. The lowest BCUT2D eigenvalue weighted by Crippen LogP contribution is -2.63. The Balaban J connectivity index is 1.52. The van der Waals surface area contributed by atoms with Crippen molar-refractivity contribution >= 4 is 28.5 Å². The third-order valence-electron chi connectivity index (χ3n) is 5.59.